The Kier molecular flexibility index (Phi) is 7.41. The van der Waals surface area contributed by atoms with Gasteiger partial charge in [0.1, 0.15) is 6.04 Å². The van der Waals surface area contributed by atoms with Crippen molar-refractivity contribution >= 4 is 34.5 Å². The molecule has 1 N–H and O–H groups in total. The van der Waals surface area contributed by atoms with Crippen LogP contribution in [0.25, 0.3) is 0 Å². The molecule has 4 nitrogen and oxygen atoms in total. The summed E-state index contributed by atoms with van der Waals surface area (Å²) >= 11 is 2.23. The molecule has 0 aromatic heterocycles. The number of rotatable bonds is 7. The summed E-state index contributed by atoms with van der Waals surface area (Å²) in [6.45, 7) is 0. The smallest absolute Gasteiger partial charge is 0.328 e. The third kappa shape index (κ3) is 5.67. The lowest BCUT2D eigenvalue weighted by Gasteiger charge is -2.22. The maximum Gasteiger partial charge on any atom is 0.328 e. The highest BCUT2D eigenvalue weighted by Gasteiger charge is 2.28. The molecule has 3 rings (SSSR count). The molecule has 5 heteroatoms. The van der Waals surface area contributed by atoms with Gasteiger partial charge in [-0.2, -0.15) is 0 Å². The second-order valence-electron chi connectivity index (χ2n) is 6.67. The van der Waals surface area contributed by atoms with Gasteiger partial charge in [-0.15, -0.1) is 0 Å². The number of methoxy groups -OCH3 is 1. The van der Waals surface area contributed by atoms with E-state index in [1.807, 2.05) is 84.9 Å². The van der Waals surface area contributed by atoms with Gasteiger partial charge in [-0.25, -0.2) is 4.79 Å². The van der Waals surface area contributed by atoms with Crippen molar-refractivity contribution in [2.24, 2.45) is 0 Å². The van der Waals surface area contributed by atoms with E-state index < -0.39 is 17.9 Å². The van der Waals surface area contributed by atoms with Crippen LogP contribution < -0.4 is 5.32 Å². The van der Waals surface area contributed by atoms with Gasteiger partial charge in [0.15, 0.2) is 0 Å². The minimum atomic E-state index is -0.762. The van der Waals surface area contributed by atoms with Crippen LogP contribution in [0.4, 0.5) is 0 Å². The largest absolute Gasteiger partial charge is 0.467 e. The first-order valence-electron chi connectivity index (χ1n) is 9.31. The van der Waals surface area contributed by atoms with Crippen molar-refractivity contribution < 1.29 is 14.3 Å². The lowest BCUT2D eigenvalue weighted by Crippen LogP contribution is -2.45. The molecule has 0 heterocycles. The third-order valence-electron chi connectivity index (χ3n) is 4.68. The highest BCUT2D eigenvalue weighted by molar-refractivity contribution is 14.1. The first-order chi connectivity index (χ1) is 14.1. The van der Waals surface area contributed by atoms with Gasteiger partial charge in [-0.1, -0.05) is 72.8 Å². The lowest BCUT2D eigenvalue weighted by molar-refractivity contribution is -0.145. The van der Waals surface area contributed by atoms with Crippen LogP contribution in [0.5, 0.6) is 0 Å². The Hall–Kier alpha value is -2.67. The molecule has 0 radical (unpaired) electrons. The Morgan fingerprint density at radius 3 is 1.86 bits per heavy atom. The Morgan fingerprint density at radius 1 is 0.862 bits per heavy atom. The molecule has 0 aliphatic carbocycles. The Bertz CT molecular complexity index is 903. The first kappa shape index (κ1) is 21.0. The summed E-state index contributed by atoms with van der Waals surface area (Å²) in [5.41, 5.74) is 2.69. The van der Waals surface area contributed by atoms with Gasteiger partial charge in [0, 0.05) is 9.99 Å². The topological polar surface area (TPSA) is 55.4 Å². The number of amides is 1. The van der Waals surface area contributed by atoms with E-state index in [1.54, 1.807) is 0 Å². The summed E-state index contributed by atoms with van der Waals surface area (Å²) in [7, 11) is 1.33. The van der Waals surface area contributed by atoms with Crippen molar-refractivity contribution in [3.05, 3.63) is 105 Å². The summed E-state index contributed by atoms with van der Waals surface area (Å²) in [6, 6.07) is 26.2. The summed E-state index contributed by atoms with van der Waals surface area (Å²) in [6.07, 6.45) is 0.367. The molecule has 29 heavy (non-hydrogen) atoms. The zero-order valence-electron chi connectivity index (χ0n) is 16.0. The van der Waals surface area contributed by atoms with Gasteiger partial charge in [0.05, 0.1) is 13.0 Å². The van der Waals surface area contributed by atoms with Crippen molar-refractivity contribution in [1.82, 2.24) is 5.32 Å². The molecule has 0 unspecified atom stereocenters. The number of benzene rings is 3. The van der Waals surface area contributed by atoms with Crippen molar-refractivity contribution in [1.29, 1.82) is 0 Å². The van der Waals surface area contributed by atoms with Crippen molar-refractivity contribution in [3.63, 3.8) is 0 Å². The molecule has 0 aliphatic rings. The van der Waals surface area contributed by atoms with Crippen LogP contribution in [-0.4, -0.2) is 25.0 Å². The molecule has 1 amide bonds. The number of hydrogen-bond donors (Lipinski definition) is 1. The normalized spacial score (nSPS) is 11.7. The average molecular weight is 499 g/mol. The van der Waals surface area contributed by atoms with Crippen LogP contribution >= 0.6 is 22.6 Å². The molecule has 0 spiro atoms. The monoisotopic (exact) mass is 499 g/mol. The Balaban J connectivity index is 1.87. The molecule has 0 bridgehead atoms. The van der Waals surface area contributed by atoms with Gasteiger partial charge in [0.2, 0.25) is 5.91 Å². The molecule has 1 atom stereocenters. The lowest BCUT2D eigenvalue weighted by atomic mass is 9.90. The minimum absolute atomic E-state index is 0.233. The highest BCUT2D eigenvalue weighted by atomic mass is 127. The SMILES string of the molecule is COC(=O)[C@H](Cc1ccc(I)cc1)NC(=O)C(c1ccccc1)c1ccccc1. The Labute approximate surface area is 184 Å². The fourth-order valence-electron chi connectivity index (χ4n) is 3.23. The van der Waals surface area contributed by atoms with Gasteiger partial charge in [-0.05, 0) is 51.4 Å². The third-order valence-corrected chi connectivity index (χ3v) is 5.40. The minimum Gasteiger partial charge on any atom is -0.467 e. The fraction of sp³-hybridized carbons (Fsp3) is 0.167. The first-order valence-corrected chi connectivity index (χ1v) is 10.4. The van der Waals surface area contributed by atoms with Gasteiger partial charge in [-0.3, -0.25) is 4.79 Å². The van der Waals surface area contributed by atoms with Crippen LogP contribution in [0.1, 0.15) is 22.6 Å². The second kappa shape index (κ2) is 10.2. The van der Waals surface area contributed by atoms with E-state index in [9.17, 15) is 9.59 Å². The predicted molar refractivity (Wildman–Crippen MR) is 122 cm³/mol. The zero-order valence-corrected chi connectivity index (χ0v) is 18.2. The predicted octanol–water partition coefficient (Wildman–Crippen LogP) is 4.32. The molecular formula is C24H22INO3. The molecule has 0 saturated heterocycles. The number of halogens is 1. The molecular weight excluding hydrogens is 477 g/mol. The summed E-state index contributed by atoms with van der Waals surface area (Å²) < 4.78 is 6.05. The van der Waals surface area contributed by atoms with Crippen LogP contribution in [0.15, 0.2) is 84.9 Å². The molecule has 3 aromatic carbocycles. The number of ether oxygens (including phenoxy) is 1. The fourth-order valence-corrected chi connectivity index (χ4v) is 3.59. The van der Waals surface area contributed by atoms with E-state index >= 15 is 0 Å². The van der Waals surface area contributed by atoms with E-state index in [0.29, 0.717) is 6.42 Å². The van der Waals surface area contributed by atoms with Crippen molar-refractivity contribution in [2.45, 2.75) is 18.4 Å². The van der Waals surface area contributed by atoms with Gasteiger partial charge < -0.3 is 10.1 Å². The number of hydrogen-bond acceptors (Lipinski definition) is 3. The molecule has 0 aliphatic heterocycles. The van der Waals surface area contributed by atoms with E-state index in [1.165, 1.54) is 7.11 Å². The molecule has 0 fully saturated rings. The molecule has 3 aromatic rings. The van der Waals surface area contributed by atoms with Crippen molar-refractivity contribution in [3.8, 4) is 0 Å². The van der Waals surface area contributed by atoms with Crippen molar-refractivity contribution in [2.75, 3.05) is 7.11 Å². The Morgan fingerprint density at radius 2 is 1.38 bits per heavy atom. The molecule has 148 valence electrons. The maximum atomic E-state index is 13.3. The summed E-state index contributed by atoms with van der Waals surface area (Å²) in [5.74, 6) is -1.21. The summed E-state index contributed by atoms with van der Waals surface area (Å²) in [5, 5.41) is 2.91. The standard InChI is InChI=1S/C24H22INO3/c1-29-24(28)21(16-17-12-14-20(25)15-13-17)26-23(27)22(18-8-4-2-5-9-18)19-10-6-3-7-11-19/h2-15,21-22H,16H2,1H3,(H,26,27)/t21-/m0/s1. The van der Waals surface area contributed by atoms with Crippen LogP contribution in [-0.2, 0) is 20.7 Å². The van der Waals surface area contributed by atoms with Crippen LogP contribution in [0.2, 0.25) is 0 Å². The van der Waals surface area contributed by atoms with Crippen LogP contribution in [0, 0.1) is 3.57 Å². The maximum absolute atomic E-state index is 13.3. The highest BCUT2D eigenvalue weighted by Crippen LogP contribution is 2.25. The van der Waals surface area contributed by atoms with Gasteiger partial charge in [0.25, 0.3) is 0 Å². The van der Waals surface area contributed by atoms with E-state index in [0.717, 1.165) is 20.3 Å². The second-order valence-corrected chi connectivity index (χ2v) is 7.91. The van der Waals surface area contributed by atoms with E-state index in [4.69, 9.17) is 4.74 Å². The van der Waals surface area contributed by atoms with Crippen LogP contribution in [0.3, 0.4) is 0 Å². The van der Waals surface area contributed by atoms with E-state index in [-0.39, 0.29) is 5.91 Å². The number of esters is 1. The zero-order chi connectivity index (χ0) is 20.6. The quantitative estimate of drug-likeness (QED) is 0.389. The summed E-state index contributed by atoms with van der Waals surface area (Å²) in [4.78, 5) is 25.7. The van der Waals surface area contributed by atoms with E-state index in [2.05, 4.69) is 27.9 Å². The number of carbonyl (C=O) groups is 2. The average Bonchev–Trinajstić information content (AvgIpc) is 2.76. The number of nitrogens with one attached hydrogen (secondary N) is 1. The number of carbonyl (C=O) groups excluding carboxylic acids is 2. The molecule has 0 saturated carbocycles. The van der Waals surface area contributed by atoms with Gasteiger partial charge >= 0.3 is 5.97 Å².